The number of nitrogens with zero attached hydrogens (tertiary/aromatic N) is 2. The number of rotatable bonds is 6. The van der Waals surface area contributed by atoms with Gasteiger partial charge in [-0.25, -0.2) is 4.72 Å². The van der Waals surface area contributed by atoms with Crippen LogP contribution in [0.1, 0.15) is 50.3 Å². The molecule has 1 aromatic heterocycles. The second-order valence-corrected chi connectivity index (χ2v) is 8.20. The van der Waals surface area contributed by atoms with Crippen molar-refractivity contribution in [3.63, 3.8) is 0 Å². The molecule has 2 fully saturated rings. The molecule has 1 unspecified atom stereocenters. The lowest BCUT2D eigenvalue weighted by atomic mass is 10.2. The Balaban J connectivity index is 1.65. The van der Waals surface area contributed by atoms with E-state index in [0.29, 0.717) is 19.6 Å². The monoisotopic (exact) mass is 341 g/mol. The molecule has 1 N–H and O–H groups in total. The van der Waals surface area contributed by atoms with Crippen LogP contribution in [0.25, 0.3) is 0 Å². The Bertz CT molecular complexity index is 559. The molecule has 1 atom stereocenters. The summed E-state index contributed by atoms with van der Waals surface area (Å²) in [6.07, 6.45) is 8.13. The fraction of sp³-hybridized carbons (Fsp3) is 0.750. The second-order valence-electron chi connectivity index (χ2n) is 6.44. The lowest BCUT2D eigenvalue weighted by Crippen LogP contribution is -2.44. The lowest BCUT2D eigenvalue weighted by molar-refractivity contribution is 0.215. The highest BCUT2D eigenvalue weighted by molar-refractivity contribution is 7.87. The van der Waals surface area contributed by atoms with Crippen LogP contribution in [0.4, 0.5) is 0 Å². The first-order valence-corrected chi connectivity index (χ1v) is 10.1. The molecule has 0 saturated carbocycles. The minimum Gasteiger partial charge on any atom is -0.468 e. The summed E-state index contributed by atoms with van der Waals surface area (Å²) in [7, 11) is -3.41. The van der Waals surface area contributed by atoms with E-state index in [1.165, 1.54) is 0 Å². The van der Waals surface area contributed by atoms with Gasteiger partial charge < -0.3 is 4.42 Å². The number of nitrogens with one attached hydrogen (secondary N) is 1. The molecule has 0 bridgehead atoms. The number of likely N-dealkylation sites (tertiary alicyclic amines) is 1. The van der Waals surface area contributed by atoms with Crippen LogP contribution in [0, 0.1) is 0 Å². The number of hydrogen-bond acceptors (Lipinski definition) is 4. The molecule has 0 radical (unpaired) electrons. The van der Waals surface area contributed by atoms with Crippen LogP contribution in [0.3, 0.4) is 0 Å². The standard InChI is InChI=1S/C16H27N3O3S/c20-23(21,19-11-3-1-2-4-12-19)17-14-15(16-8-7-13-22-16)18-9-5-6-10-18/h7-8,13,15,17H,1-6,9-12,14H2. The summed E-state index contributed by atoms with van der Waals surface area (Å²) in [5, 5.41) is 0. The van der Waals surface area contributed by atoms with E-state index in [4.69, 9.17) is 4.42 Å². The molecule has 2 aliphatic heterocycles. The van der Waals surface area contributed by atoms with Gasteiger partial charge in [0.25, 0.3) is 10.2 Å². The summed E-state index contributed by atoms with van der Waals surface area (Å²) in [5.41, 5.74) is 0. The van der Waals surface area contributed by atoms with Crippen molar-refractivity contribution < 1.29 is 12.8 Å². The number of furan rings is 1. The summed E-state index contributed by atoms with van der Waals surface area (Å²) in [6, 6.07) is 3.78. The van der Waals surface area contributed by atoms with Crippen LogP contribution >= 0.6 is 0 Å². The summed E-state index contributed by atoms with van der Waals surface area (Å²) in [5.74, 6) is 0.838. The predicted octanol–water partition coefficient (Wildman–Crippen LogP) is 2.13. The van der Waals surface area contributed by atoms with E-state index in [9.17, 15) is 8.42 Å². The Morgan fingerprint density at radius 2 is 1.70 bits per heavy atom. The summed E-state index contributed by atoms with van der Waals surface area (Å²) < 4.78 is 35.2. The van der Waals surface area contributed by atoms with Crippen LogP contribution in [-0.4, -0.2) is 50.3 Å². The third-order valence-corrected chi connectivity index (χ3v) is 6.39. The van der Waals surface area contributed by atoms with Crippen molar-refractivity contribution in [3.05, 3.63) is 24.2 Å². The minimum atomic E-state index is -3.41. The zero-order valence-electron chi connectivity index (χ0n) is 13.6. The lowest BCUT2D eigenvalue weighted by Gasteiger charge is -2.27. The topological polar surface area (TPSA) is 65.8 Å². The average molecular weight is 341 g/mol. The highest BCUT2D eigenvalue weighted by atomic mass is 32.2. The maximum absolute atomic E-state index is 12.6. The molecule has 1 aromatic rings. The largest absolute Gasteiger partial charge is 0.468 e. The number of hydrogen-bond donors (Lipinski definition) is 1. The SMILES string of the molecule is O=S(=O)(NCC(c1ccco1)N1CCCC1)N1CCCCCC1. The van der Waals surface area contributed by atoms with Gasteiger partial charge >= 0.3 is 0 Å². The van der Waals surface area contributed by atoms with Gasteiger partial charge in [0.05, 0.1) is 12.3 Å². The van der Waals surface area contributed by atoms with Crippen molar-refractivity contribution in [3.8, 4) is 0 Å². The smallest absolute Gasteiger partial charge is 0.279 e. The molecule has 0 amide bonds. The van der Waals surface area contributed by atoms with Crippen molar-refractivity contribution in [2.24, 2.45) is 0 Å². The van der Waals surface area contributed by atoms with Gasteiger partial charge in [-0.2, -0.15) is 12.7 Å². The molecule has 6 nitrogen and oxygen atoms in total. The Morgan fingerprint density at radius 3 is 2.30 bits per heavy atom. The first kappa shape index (κ1) is 17.0. The van der Waals surface area contributed by atoms with E-state index < -0.39 is 10.2 Å². The van der Waals surface area contributed by atoms with Crippen LogP contribution in [-0.2, 0) is 10.2 Å². The minimum absolute atomic E-state index is 0.0192. The van der Waals surface area contributed by atoms with E-state index in [-0.39, 0.29) is 6.04 Å². The van der Waals surface area contributed by atoms with Crippen molar-refractivity contribution >= 4 is 10.2 Å². The fourth-order valence-electron chi connectivity index (χ4n) is 3.50. The van der Waals surface area contributed by atoms with Gasteiger partial charge in [-0.05, 0) is 50.9 Å². The van der Waals surface area contributed by atoms with Crippen molar-refractivity contribution in [2.45, 2.75) is 44.6 Å². The van der Waals surface area contributed by atoms with E-state index in [2.05, 4.69) is 9.62 Å². The Labute approximate surface area is 139 Å². The molecule has 2 aliphatic rings. The zero-order chi connectivity index (χ0) is 16.1. The molecule has 0 aromatic carbocycles. The summed E-state index contributed by atoms with van der Waals surface area (Å²) in [6.45, 7) is 3.62. The van der Waals surface area contributed by atoms with Gasteiger partial charge in [-0.3, -0.25) is 4.90 Å². The van der Waals surface area contributed by atoms with Crippen LogP contribution in [0.15, 0.2) is 22.8 Å². The summed E-state index contributed by atoms with van der Waals surface area (Å²) >= 11 is 0. The molecule has 23 heavy (non-hydrogen) atoms. The first-order valence-electron chi connectivity index (χ1n) is 8.69. The van der Waals surface area contributed by atoms with Crippen LogP contribution in [0.5, 0.6) is 0 Å². The van der Waals surface area contributed by atoms with Crippen LogP contribution < -0.4 is 4.72 Å². The van der Waals surface area contributed by atoms with E-state index in [1.807, 2.05) is 12.1 Å². The highest BCUT2D eigenvalue weighted by Gasteiger charge is 2.29. The Kier molecular flexibility index (Phi) is 5.74. The van der Waals surface area contributed by atoms with Gasteiger partial charge in [-0.15, -0.1) is 0 Å². The third kappa shape index (κ3) is 4.35. The van der Waals surface area contributed by atoms with E-state index in [1.54, 1.807) is 10.6 Å². The molecule has 0 aliphatic carbocycles. The van der Waals surface area contributed by atoms with Crippen molar-refractivity contribution in [1.82, 2.24) is 13.9 Å². The first-order chi connectivity index (χ1) is 11.2. The molecule has 3 heterocycles. The van der Waals surface area contributed by atoms with Crippen molar-refractivity contribution in [1.29, 1.82) is 0 Å². The van der Waals surface area contributed by atoms with Gasteiger partial charge in [0.1, 0.15) is 5.76 Å². The van der Waals surface area contributed by atoms with Crippen LogP contribution in [0.2, 0.25) is 0 Å². The average Bonchev–Trinajstić information content (AvgIpc) is 3.17. The highest BCUT2D eigenvalue weighted by Crippen LogP contribution is 2.25. The Morgan fingerprint density at radius 1 is 1.04 bits per heavy atom. The predicted molar refractivity (Wildman–Crippen MR) is 89.2 cm³/mol. The van der Waals surface area contributed by atoms with E-state index >= 15 is 0 Å². The molecular weight excluding hydrogens is 314 g/mol. The zero-order valence-corrected chi connectivity index (χ0v) is 14.4. The van der Waals surface area contributed by atoms with Gasteiger partial charge in [0.2, 0.25) is 0 Å². The second kappa shape index (κ2) is 7.79. The molecule has 2 saturated heterocycles. The van der Waals surface area contributed by atoms with Gasteiger partial charge in [-0.1, -0.05) is 12.8 Å². The maximum Gasteiger partial charge on any atom is 0.279 e. The Hall–Kier alpha value is -0.890. The van der Waals surface area contributed by atoms with Crippen molar-refractivity contribution in [2.75, 3.05) is 32.7 Å². The fourth-order valence-corrected chi connectivity index (χ4v) is 4.79. The summed E-state index contributed by atoms with van der Waals surface area (Å²) in [4.78, 5) is 2.31. The molecule has 7 heteroatoms. The maximum atomic E-state index is 12.6. The van der Waals surface area contributed by atoms with E-state index in [0.717, 1.165) is 57.4 Å². The molecule has 0 spiro atoms. The van der Waals surface area contributed by atoms with Gasteiger partial charge in [0.15, 0.2) is 0 Å². The molecule has 3 rings (SSSR count). The normalized spacial score (nSPS) is 23.0. The third-order valence-electron chi connectivity index (χ3n) is 4.82. The molecule has 130 valence electrons. The molecular formula is C16H27N3O3S. The van der Waals surface area contributed by atoms with Gasteiger partial charge in [0, 0.05) is 19.6 Å². The quantitative estimate of drug-likeness (QED) is 0.861.